The second-order valence-corrected chi connectivity index (χ2v) is 4.95. The van der Waals surface area contributed by atoms with Crippen molar-refractivity contribution in [1.82, 2.24) is 19.7 Å². The molecule has 2 aromatic rings. The van der Waals surface area contributed by atoms with Gasteiger partial charge in [0.05, 0.1) is 13.1 Å². The molecule has 2 heterocycles. The highest BCUT2D eigenvalue weighted by Crippen LogP contribution is 2.17. The number of fused-ring (bicyclic) bond motifs is 1. The largest absolute Gasteiger partial charge is 0.332 e. The van der Waals surface area contributed by atoms with Gasteiger partial charge in [-0.1, -0.05) is 30.3 Å². The number of hydrogen-bond acceptors (Lipinski definition) is 4. The summed E-state index contributed by atoms with van der Waals surface area (Å²) < 4.78 is 1.85. The van der Waals surface area contributed by atoms with Gasteiger partial charge in [0.1, 0.15) is 17.7 Å². The van der Waals surface area contributed by atoms with Crippen molar-refractivity contribution in [1.29, 1.82) is 0 Å². The van der Waals surface area contributed by atoms with Crippen molar-refractivity contribution < 1.29 is 4.79 Å². The van der Waals surface area contributed by atoms with Crippen LogP contribution >= 0.6 is 24.8 Å². The molecule has 1 aliphatic rings. The first-order chi connectivity index (χ1) is 9.65. The summed E-state index contributed by atoms with van der Waals surface area (Å²) in [4.78, 5) is 18.5. The molecule has 1 aromatic carbocycles. The van der Waals surface area contributed by atoms with Crippen molar-refractivity contribution >= 4 is 30.7 Å². The van der Waals surface area contributed by atoms with E-state index in [1.807, 2.05) is 41.9 Å². The number of nitrogens with two attached hydrogens (primary N) is 1. The Kier molecular flexibility index (Phi) is 6.34. The van der Waals surface area contributed by atoms with E-state index in [1.54, 1.807) is 4.90 Å². The van der Waals surface area contributed by atoms with Gasteiger partial charge in [-0.15, -0.1) is 24.8 Å². The number of benzene rings is 1. The maximum absolute atomic E-state index is 12.5. The summed E-state index contributed by atoms with van der Waals surface area (Å²) in [5.74, 6) is 1.49. The van der Waals surface area contributed by atoms with Crippen LogP contribution in [0.2, 0.25) is 0 Å². The molecular weight excluding hydrogens is 325 g/mol. The number of halogens is 2. The summed E-state index contributed by atoms with van der Waals surface area (Å²) in [6, 6.07) is 8.81. The Bertz CT molecular complexity index is 631. The molecule has 0 radical (unpaired) electrons. The molecule has 1 amide bonds. The van der Waals surface area contributed by atoms with Gasteiger partial charge < -0.3 is 10.6 Å². The van der Waals surface area contributed by atoms with Crippen molar-refractivity contribution in [2.24, 2.45) is 5.73 Å². The molecule has 120 valence electrons. The van der Waals surface area contributed by atoms with Gasteiger partial charge >= 0.3 is 0 Å². The van der Waals surface area contributed by atoms with E-state index in [2.05, 4.69) is 10.1 Å². The van der Waals surface area contributed by atoms with Crippen LogP contribution in [0.1, 0.15) is 23.3 Å². The average Bonchev–Trinajstić information content (AvgIpc) is 2.85. The van der Waals surface area contributed by atoms with Crippen LogP contribution < -0.4 is 5.73 Å². The van der Waals surface area contributed by atoms with Gasteiger partial charge in [-0.3, -0.25) is 4.79 Å². The summed E-state index contributed by atoms with van der Waals surface area (Å²) in [6.45, 7) is 3.62. The van der Waals surface area contributed by atoms with E-state index < -0.39 is 6.04 Å². The zero-order chi connectivity index (χ0) is 14.1. The van der Waals surface area contributed by atoms with Crippen molar-refractivity contribution in [2.45, 2.75) is 26.1 Å². The molecule has 1 aliphatic heterocycles. The lowest BCUT2D eigenvalue weighted by Gasteiger charge is -2.29. The molecule has 0 fully saturated rings. The van der Waals surface area contributed by atoms with E-state index in [0.29, 0.717) is 19.6 Å². The van der Waals surface area contributed by atoms with Gasteiger partial charge in [-0.05, 0) is 12.5 Å². The Morgan fingerprint density at radius 2 is 1.91 bits per heavy atom. The molecule has 0 bridgehead atoms. The van der Waals surface area contributed by atoms with E-state index in [1.165, 1.54) is 0 Å². The third-order valence-electron chi connectivity index (χ3n) is 3.50. The van der Waals surface area contributed by atoms with E-state index in [4.69, 9.17) is 5.73 Å². The van der Waals surface area contributed by atoms with Crippen LogP contribution in [0.3, 0.4) is 0 Å². The molecule has 0 spiro atoms. The minimum atomic E-state index is -0.619. The molecule has 3 rings (SSSR count). The number of aromatic nitrogens is 3. The number of aryl methyl sites for hydroxylation is 1. The van der Waals surface area contributed by atoms with Crippen molar-refractivity contribution in [3.8, 4) is 0 Å². The van der Waals surface area contributed by atoms with Crippen LogP contribution in [0, 0.1) is 6.92 Å². The Hall–Kier alpha value is -1.63. The van der Waals surface area contributed by atoms with Crippen LogP contribution in [0.25, 0.3) is 0 Å². The molecule has 1 atom stereocenters. The number of amides is 1. The average molecular weight is 344 g/mol. The Labute approximate surface area is 141 Å². The van der Waals surface area contributed by atoms with E-state index in [-0.39, 0.29) is 30.7 Å². The minimum absolute atomic E-state index is 0. The second kappa shape index (κ2) is 7.58. The quantitative estimate of drug-likeness (QED) is 0.895. The van der Waals surface area contributed by atoms with Gasteiger partial charge in [0.15, 0.2) is 0 Å². The molecule has 6 nitrogen and oxygen atoms in total. The molecule has 22 heavy (non-hydrogen) atoms. The fourth-order valence-electron chi connectivity index (χ4n) is 2.45. The number of carbonyl (C=O) groups excluding carboxylic acids is 1. The van der Waals surface area contributed by atoms with Crippen LogP contribution in [-0.4, -0.2) is 32.1 Å². The van der Waals surface area contributed by atoms with Crippen molar-refractivity contribution in [3.63, 3.8) is 0 Å². The SMILES string of the molecule is Cc1nc2n(n1)CCN(C(=O)C(N)c1ccccc1)C2.Cl.Cl. The molecule has 0 saturated carbocycles. The number of rotatable bonds is 2. The highest BCUT2D eigenvalue weighted by Gasteiger charge is 2.27. The van der Waals surface area contributed by atoms with Gasteiger partial charge in [-0.25, -0.2) is 9.67 Å². The lowest BCUT2D eigenvalue weighted by Crippen LogP contribution is -2.43. The number of hydrogen-bond donors (Lipinski definition) is 1. The zero-order valence-electron chi connectivity index (χ0n) is 12.2. The summed E-state index contributed by atoms with van der Waals surface area (Å²) in [5, 5.41) is 4.28. The van der Waals surface area contributed by atoms with E-state index >= 15 is 0 Å². The van der Waals surface area contributed by atoms with Crippen LogP contribution in [0.4, 0.5) is 0 Å². The lowest BCUT2D eigenvalue weighted by molar-refractivity contribution is -0.134. The second-order valence-electron chi connectivity index (χ2n) is 4.95. The predicted molar refractivity (Wildman–Crippen MR) is 88.0 cm³/mol. The maximum atomic E-state index is 12.5. The predicted octanol–water partition coefficient (Wildman–Crippen LogP) is 1.47. The van der Waals surface area contributed by atoms with Gasteiger partial charge in [0.25, 0.3) is 0 Å². The number of carbonyl (C=O) groups is 1. The smallest absolute Gasteiger partial charge is 0.244 e. The minimum Gasteiger partial charge on any atom is -0.332 e. The molecule has 2 N–H and O–H groups in total. The van der Waals surface area contributed by atoms with Crippen molar-refractivity contribution in [3.05, 3.63) is 47.5 Å². The first-order valence-corrected chi connectivity index (χ1v) is 6.65. The zero-order valence-corrected chi connectivity index (χ0v) is 13.8. The Balaban J connectivity index is 0.00000121. The summed E-state index contributed by atoms with van der Waals surface area (Å²) >= 11 is 0. The highest BCUT2D eigenvalue weighted by molar-refractivity contribution is 5.85. The highest BCUT2D eigenvalue weighted by atomic mass is 35.5. The molecule has 1 aromatic heterocycles. The third-order valence-corrected chi connectivity index (χ3v) is 3.50. The monoisotopic (exact) mass is 343 g/mol. The first kappa shape index (κ1) is 18.4. The third kappa shape index (κ3) is 3.58. The fraction of sp³-hybridized carbons (Fsp3) is 0.357. The van der Waals surface area contributed by atoms with Crippen molar-refractivity contribution in [2.75, 3.05) is 6.54 Å². The topological polar surface area (TPSA) is 77.0 Å². The van der Waals surface area contributed by atoms with Crippen LogP contribution in [0.15, 0.2) is 30.3 Å². The summed E-state index contributed by atoms with van der Waals surface area (Å²) in [5.41, 5.74) is 6.89. The Morgan fingerprint density at radius 1 is 1.23 bits per heavy atom. The first-order valence-electron chi connectivity index (χ1n) is 6.65. The number of nitrogens with zero attached hydrogens (tertiary/aromatic N) is 4. The molecule has 0 saturated heterocycles. The lowest BCUT2D eigenvalue weighted by atomic mass is 10.1. The normalized spacial score (nSPS) is 14.4. The maximum Gasteiger partial charge on any atom is 0.244 e. The van der Waals surface area contributed by atoms with E-state index in [0.717, 1.165) is 17.2 Å². The van der Waals surface area contributed by atoms with E-state index in [9.17, 15) is 4.79 Å². The standard InChI is InChI=1S/C14H17N5O.2ClH/c1-10-16-12-9-18(7-8-19(12)17-10)14(20)13(15)11-5-3-2-4-6-11;;/h2-6,13H,7-9,15H2,1H3;2*1H. The summed E-state index contributed by atoms with van der Waals surface area (Å²) in [6.07, 6.45) is 0. The molecule has 0 aliphatic carbocycles. The van der Waals surface area contributed by atoms with Crippen LogP contribution in [-0.2, 0) is 17.9 Å². The van der Waals surface area contributed by atoms with Gasteiger partial charge in [0, 0.05) is 6.54 Å². The summed E-state index contributed by atoms with van der Waals surface area (Å²) in [7, 11) is 0. The fourth-order valence-corrected chi connectivity index (χ4v) is 2.45. The Morgan fingerprint density at radius 3 is 2.59 bits per heavy atom. The van der Waals surface area contributed by atoms with Gasteiger partial charge in [-0.2, -0.15) is 5.10 Å². The van der Waals surface area contributed by atoms with Crippen LogP contribution in [0.5, 0.6) is 0 Å². The molecular formula is C14H19Cl2N5O. The molecule has 1 unspecified atom stereocenters. The molecule has 8 heteroatoms. The van der Waals surface area contributed by atoms with Gasteiger partial charge in [0.2, 0.25) is 5.91 Å².